The molecular formula is C31H28FN3O2. The van der Waals surface area contributed by atoms with Crippen LogP contribution < -0.4 is 15.5 Å². The van der Waals surface area contributed by atoms with E-state index in [0.29, 0.717) is 24.3 Å². The van der Waals surface area contributed by atoms with Gasteiger partial charge >= 0.3 is 0 Å². The molecule has 0 saturated carbocycles. The van der Waals surface area contributed by atoms with E-state index in [-0.39, 0.29) is 11.5 Å². The van der Waals surface area contributed by atoms with Crippen molar-refractivity contribution in [2.75, 3.05) is 23.3 Å². The summed E-state index contributed by atoms with van der Waals surface area (Å²) in [6.45, 7) is 1.98. The van der Waals surface area contributed by atoms with Crippen molar-refractivity contribution in [3.05, 3.63) is 131 Å². The molecule has 6 heteroatoms. The molecule has 0 aliphatic carbocycles. The lowest BCUT2D eigenvalue weighted by Crippen LogP contribution is -2.33. The zero-order valence-corrected chi connectivity index (χ0v) is 20.4. The predicted octanol–water partition coefficient (Wildman–Crippen LogP) is 5.61. The normalized spacial score (nSPS) is 12.5. The molecule has 0 fully saturated rings. The Hall–Kier alpha value is -4.45. The van der Waals surface area contributed by atoms with E-state index in [9.17, 15) is 14.0 Å². The van der Waals surface area contributed by atoms with E-state index >= 15 is 0 Å². The zero-order valence-electron chi connectivity index (χ0n) is 20.4. The van der Waals surface area contributed by atoms with Crippen molar-refractivity contribution in [1.82, 2.24) is 5.32 Å². The number of hydrogen-bond acceptors (Lipinski definition) is 3. The fraction of sp³-hybridized carbons (Fsp3) is 0.161. The molecule has 1 aliphatic heterocycles. The predicted molar refractivity (Wildman–Crippen MR) is 144 cm³/mol. The van der Waals surface area contributed by atoms with E-state index in [1.54, 1.807) is 18.2 Å². The molecule has 2 N–H and O–H groups in total. The Labute approximate surface area is 215 Å². The number of fused-ring (bicyclic) bond motifs is 1. The first kappa shape index (κ1) is 24.3. The summed E-state index contributed by atoms with van der Waals surface area (Å²) in [4.78, 5) is 28.3. The summed E-state index contributed by atoms with van der Waals surface area (Å²) in [6.07, 6.45) is 1.61. The average molecular weight is 494 g/mol. The van der Waals surface area contributed by atoms with Gasteiger partial charge in [-0.2, -0.15) is 0 Å². The molecule has 37 heavy (non-hydrogen) atoms. The van der Waals surface area contributed by atoms with E-state index in [1.165, 1.54) is 29.3 Å². The topological polar surface area (TPSA) is 61.4 Å². The van der Waals surface area contributed by atoms with E-state index in [1.807, 2.05) is 42.5 Å². The van der Waals surface area contributed by atoms with E-state index in [0.717, 1.165) is 30.6 Å². The first-order valence-electron chi connectivity index (χ1n) is 12.4. The van der Waals surface area contributed by atoms with Gasteiger partial charge in [0.15, 0.2) is 0 Å². The Morgan fingerprint density at radius 3 is 2.41 bits per heavy atom. The molecule has 5 rings (SSSR count). The molecule has 4 aromatic carbocycles. The van der Waals surface area contributed by atoms with Gasteiger partial charge in [-0.1, -0.05) is 60.7 Å². The smallest absolute Gasteiger partial charge is 0.255 e. The molecule has 0 bridgehead atoms. The lowest BCUT2D eigenvalue weighted by molar-refractivity contribution is 0.0953. The first-order valence-corrected chi connectivity index (χ1v) is 12.4. The third kappa shape index (κ3) is 5.86. The van der Waals surface area contributed by atoms with Crippen LogP contribution in [0.3, 0.4) is 0 Å². The molecule has 0 unspecified atom stereocenters. The second-order valence-corrected chi connectivity index (χ2v) is 9.13. The Balaban J connectivity index is 1.39. The van der Waals surface area contributed by atoms with Crippen LogP contribution in [0.25, 0.3) is 0 Å². The molecule has 0 aromatic heterocycles. The minimum Gasteiger partial charge on any atom is -0.366 e. The molecule has 2 amide bonds. The zero-order chi connectivity index (χ0) is 25.6. The maximum absolute atomic E-state index is 13.6. The van der Waals surface area contributed by atoms with Crippen LogP contribution in [-0.2, 0) is 19.4 Å². The second-order valence-electron chi connectivity index (χ2n) is 9.13. The monoisotopic (exact) mass is 493 g/mol. The number of benzene rings is 4. The molecule has 1 heterocycles. The molecule has 5 nitrogen and oxygen atoms in total. The Morgan fingerprint density at radius 1 is 0.811 bits per heavy atom. The number of nitrogens with zero attached hydrogens (tertiary/aromatic N) is 1. The third-order valence-corrected chi connectivity index (χ3v) is 6.60. The maximum atomic E-state index is 13.6. The van der Waals surface area contributed by atoms with Gasteiger partial charge in [-0.3, -0.25) is 9.59 Å². The van der Waals surface area contributed by atoms with Gasteiger partial charge < -0.3 is 15.5 Å². The van der Waals surface area contributed by atoms with Crippen molar-refractivity contribution in [3.8, 4) is 0 Å². The quantitative estimate of drug-likeness (QED) is 0.352. The average Bonchev–Trinajstić information content (AvgIpc) is 2.93. The molecule has 0 radical (unpaired) electrons. The van der Waals surface area contributed by atoms with Gasteiger partial charge in [-0.05, 0) is 65.9 Å². The summed E-state index contributed by atoms with van der Waals surface area (Å²) in [5.74, 6) is -1.12. The summed E-state index contributed by atoms with van der Waals surface area (Å²) in [7, 11) is 0. The Bertz CT molecular complexity index is 1420. The Morgan fingerprint density at radius 2 is 1.59 bits per heavy atom. The van der Waals surface area contributed by atoms with Crippen molar-refractivity contribution in [3.63, 3.8) is 0 Å². The van der Waals surface area contributed by atoms with E-state index in [2.05, 4.69) is 33.7 Å². The molecule has 4 aromatic rings. The molecule has 1 aliphatic rings. The SMILES string of the molecule is O=C(Nc1ccc(N2CCc3ccccc3C2)c(C(=O)NCCc2ccccc2)c1)c1cccc(F)c1. The summed E-state index contributed by atoms with van der Waals surface area (Å²) >= 11 is 0. The van der Waals surface area contributed by atoms with Crippen molar-refractivity contribution >= 4 is 23.2 Å². The highest BCUT2D eigenvalue weighted by atomic mass is 19.1. The van der Waals surface area contributed by atoms with Crippen LogP contribution >= 0.6 is 0 Å². The summed E-state index contributed by atoms with van der Waals surface area (Å²) in [6, 6.07) is 29.2. The van der Waals surface area contributed by atoms with Crippen molar-refractivity contribution in [2.24, 2.45) is 0 Å². The van der Waals surface area contributed by atoms with Gasteiger partial charge in [0.25, 0.3) is 11.8 Å². The molecular weight excluding hydrogens is 465 g/mol. The molecule has 0 spiro atoms. The second kappa shape index (κ2) is 11.1. The van der Waals surface area contributed by atoms with E-state index in [4.69, 9.17) is 0 Å². The highest BCUT2D eigenvalue weighted by Gasteiger charge is 2.22. The lowest BCUT2D eigenvalue weighted by Gasteiger charge is -2.32. The van der Waals surface area contributed by atoms with Crippen LogP contribution in [0.2, 0.25) is 0 Å². The van der Waals surface area contributed by atoms with Crippen LogP contribution in [0.15, 0.2) is 97.1 Å². The standard InChI is InChI=1S/C31H28FN3O2/c32-26-12-6-11-24(19-26)30(36)34-27-13-14-29(35-18-16-23-9-4-5-10-25(23)21-35)28(20-27)31(37)33-17-15-22-7-2-1-3-8-22/h1-14,19-20H,15-18,21H2,(H,33,37)(H,34,36). The molecule has 0 saturated heterocycles. The summed E-state index contributed by atoms with van der Waals surface area (Å²) in [5.41, 5.74) is 5.71. The van der Waals surface area contributed by atoms with Crippen LogP contribution in [0.5, 0.6) is 0 Å². The fourth-order valence-electron chi connectivity index (χ4n) is 4.67. The van der Waals surface area contributed by atoms with Gasteiger partial charge in [-0.15, -0.1) is 0 Å². The summed E-state index contributed by atoms with van der Waals surface area (Å²) in [5, 5.41) is 5.84. The van der Waals surface area contributed by atoms with Gasteiger partial charge in [0.05, 0.1) is 5.56 Å². The number of nitrogens with one attached hydrogen (secondary N) is 2. The van der Waals surface area contributed by atoms with Crippen LogP contribution in [-0.4, -0.2) is 24.9 Å². The largest absolute Gasteiger partial charge is 0.366 e. The number of amides is 2. The van der Waals surface area contributed by atoms with Gasteiger partial charge in [-0.25, -0.2) is 4.39 Å². The number of carbonyl (C=O) groups is 2. The number of halogens is 1. The minimum atomic E-state index is -0.480. The lowest BCUT2D eigenvalue weighted by atomic mass is 9.98. The van der Waals surface area contributed by atoms with Crippen LogP contribution in [0.1, 0.15) is 37.4 Å². The minimum absolute atomic E-state index is 0.202. The molecule has 186 valence electrons. The van der Waals surface area contributed by atoms with Gasteiger partial charge in [0.2, 0.25) is 0 Å². The van der Waals surface area contributed by atoms with Crippen molar-refractivity contribution in [1.29, 1.82) is 0 Å². The number of hydrogen-bond donors (Lipinski definition) is 2. The Kier molecular flexibility index (Phi) is 7.26. The van der Waals surface area contributed by atoms with Crippen molar-refractivity contribution < 1.29 is 14.0 Å². The highest BCUT2D eigenvalue weighted by Crippen LogP contribution is 2.30. The highest BCUT2D eigenvalue weighted by molar-refractivity contribution is 6.06. The number of anilines is 2. The number of carbonyl (C=O) groups excluding carboxylic acids is 2. The third-order valence-electron chi connectivity index (χ3n) is 6.60. The first-order chi connectivity index (χ1) is 18.1. The molecule has 0 atom stereocenters. The van der Waals surface area contributed by atoms with Crippen LogP contribution in [0, 0.1) is 5.82 Å². The van der Waals surface area contributed by atoms with Crippen molar-refractivity contribution in [2.45, 2.75) is 19.4 Å². The van der Waals surface area contributed by atoms with E-state index < -0.39 is 11.7 Å². The van der Waals surface area contributed by atoms with Crippen LogP contribution in [0.4, 0.5) is 15.8 Å². The maximum Gasteiger partial charge on any atom is 0.255 e. The van der Waals surface area contributed by atoms with Gasteiger partial charge in [0.1, 0.15) is 5.82 Å². The van der Waals surface area contributed by atoms with Gasteiger partial charge in [0, 0.05) is 36.6 Å². The fourth-order valence-corrected chi connectivity index (χ4v) is 4.67. The summed E-state index contributed by atoms with van der Waals surface area (Å²) < 4.78 is 13.6. The number of rotatable bonds is 7.